The van der Waals surface area contributed by atoms with Gasteiger partial charge < -0.3 is 31.3 Å². The first-order chi connectivity index (χ1) is 21.5. The average molecular weight is 688 g/mol. The molecule has 0 saturated carbocycles. The highest BCUT2D eigenvalue weighted by Crippen LogP contribution is 2.40. The van der Waals surface area contributed by atoms with E-state index in [2.05, 4.69) is 20.4 Å². The number of fused-ring (bicyclic) bond motifs is 2. The number of nitrogens with zero attached hydrogens (tertiary/aromatic N) is 6. The number of aromatic nitrogens is 4. The molecule has 0 unspecified atom stereocenters. The van der Waals surface area contributed by atoms with Crippen molar-refractivity contribution in [1.29, 1.82) is 5.41 Å². The highest BCUT2D eigenvalue weighted by molar-refractivity contribution is 8.00. The topological polar surface area (TPSA) is 219 Å². The summed E-state index contributed by atoms with van der Waals surface area (Å²) in [5, 5.41) is 27.1. The Morgan fingerprint density at radius 3 is 2.82 bits per heavy atom. The lowest BCUT2D eigenvalue weighted by atomic mass is 10.0. The summed E-state index contributed by atoms with van der Waals surface area (Å²) in [7, 11) is 1.24. The van der Waals surface area contributed by atoms with Gasteiger partial charge in [0.1, 0.15) is 56.3 Å². The Labute approximate surface area is 271 Å². The highest BCUT2D eigenvalue weighted by atomic mass is 35.5. The summed E-state index contributed by atoms with van der Waals surface area (Å²) in [5.74, 6) is -2.35. The number of rotatable bonds is 10. The largest absolute Gasteiger partial charge is 0.477 e. The van der Waals surface area contributed by atoms with Crippen LogP contribution < -0.4 is 21.4 Å². The smallest absolute Gasteiger partial charge is 0.352 e. The first-order valence-corrected chi connectivity index (χ1v) is 16.2. The zero-order chi connectivity index (χ0) is 32.0. The lowest BCUT2D eigenvalue weighted by molar-refractivity contribution is -0.687. The minimum atomic E-state index is -1.24. The minimum Gasteiger partial charge on any atom is -0.477 e. The molecule has 0 bridgehead atoms. The molecule has 2 amide bonds. The molecule has 19 heteroatoms. The van der Waals surface area contributed by atoms with Crippen molar-refractivity contribution in [2.75, 3.05) is 18.6 Å². The molecule has 0 radical (unpaired) electrons. The standard InChI is InChI=1S/C26H23ClN10O5S3/c1-42-34-17(16-20(27)45-26(30)33-16)22(38)32-18-23(39)37-19(25(40)41)12(9-44-24(18)37)6-35-4-2-11-3-5-36(14(11)7-35)8-15-31-13(10-43-15)21(28)29/h2-5,7,10,18,24H,6,8-9H2,1H3,(H6-,28,29,30,32,33,38,40,41)/p+1/b34-17-/t18-,24-/m1/s1. The SMILES string of the molecule is CO/N=C(\C(=O)N[C@@H]1C(=O)N2C(C(=O)O)=C(C[n+]3ccc4ccn(Cc5nc(C(=N)N)cs5)c4c3)CS[C@H]12)c1nc(N)sc1Cl. The zero-order valence-corrected chi connectivity index (χ0v) is 26.5. The number of anilines is 1. The molecule has 6 rings (SSSR count). The summed E-state index contributed by atoms with van der Waals surface area (Å²) in [4.78, 5) is 53.2. The third kappa shape index (κ3) is 5.72. The van der Waals surface area contributed by atoms with Crippen molar-refractivity contribution in [3.05, 3.63) is 68.1 Å². The first-order valence-electron chi connectivity index (χ1n) is 13.1. The summed E-state index contributed by atoms with van der Waals surface area (Å²) >= 11 is 9.86. The number of nitrogens with two attached hydrogens (primary N) is 2. The van der Waals surface area contributed by atoms with Crippen LogP contribution in [0.5, 0.6) is 0 Å². The van der Waals surface area contributed by atoms with E-state index in [9.17, 15) is 19.5 Å². The summed E-state index contributed by atoms with van der Waals surface area (Å²) in [5.41, 5.74) is 12.8. The number of β-lactam (4-membered cyclic amide) rings is 1. The molecule has 2 atom stereocenters. The van der Waals surface area contributed by atoms with Gasteiger partial charge in [-0.2, -0.15) is 4.57 Å². The zero-order valence-electron chi connectivity index (χ0n) is 23.3. The summed E-state index contributed by atoms with van der Waals surface area (Å²) in [6, 6.07) is 2.89. The predicted molar refractivity (Wildman–Crippen MR) is 169 cm³/mol. The number of thiazole rings is 2. The summed E-state index contributed by atoms with van der Waals surface area (Å²) in [6.45, 7) is 0.698. The van der Waals surface area contributed by atoms with E-state index in [0.717, 1.165) is 27.2 Å². The molecular formula is C26H24ClN10O5S3+. The van der Waals surface area contributed by atoms with Gasteiger partial charge in [-0.15, -0.1) is 23.1 Å². The molecule has 2 aliphatic rings. The van der Waals surface area contributed by atoms with Crippen molar-refractivity contribution in [3.63, 3.8) is 0 Å². The molecule has 4 aromatic heterocycles. The van der Waals surface area contributed by atoms with Gasteiger partial charge in [0.15, 0.2) is 29.8 Å². The molecule has 0 spiro atoms. The van der Waals surface area contributed by atoms with Gasteiger partial charge in [0, 0.05) is 34.4 Å². The Hall–Kier alpha value is -4.52. The quantitative estimate of drug-likeness (QED) is 0.0527. The number of oxime groups is 1. The van der Waals surface area contributed by atoms with Gasteiger partial charge in [-0.1, -0.05) is 28.1 Å². The Morgan fingerprint density at radius 1 is 1.36 bits per heavy atom. The molecule has 7 N–H and O–H groups in total. The van der Waals surface area contributed by atoms with Gasteiger partial charge in [0.2, 0.25) is 0 Å². The fraction of sp³-hybridized carbons (Fsp3) is 0.231. The van der Waals surface area contributed by atoms with Gasteiger partial charge in [0.05, 0.1) is 6.54 Å². The van der Waals surface area contributed by atoms with E-state index >= 15 is 0 Å². The van der Waals surface area contributed by atoms with Crippen LogP contribution in [-0.2, 0) is 32.3 Å². The van der Waals surface area contributed by atoms with Gasteiger partial charge >= 0.3 is 5.97 Å². The third-order valence-corrected chi connectivity index (χ3v) is 10.3. The summed E-state index contributed by atoms with van der Waals surface area (Å²) < 4.78 is 4.00. The number of pyridine rings is 1. The molecule has 232 valence electrons. The molecule has 15 nitrogen and oxygen atoms in total. The van der Waals surface area contributed by atoms with Gasteiger partial charge in [-0.25, -0.2) is 14.8 Å². The van der Waals surface area contributed by atoms with Crippen molar-refractivity contribution >= 4 is 91.4 Å². The maximum absolute atomic E-state index is 13.3. The van der Waals surface area contributed by atoms with Crippen LogP contribution in [0.2, 0.25) is 4.34 Å². The van der Waals surface area contributed by atoms with Crippen molar-refractivity contribution in [3.8, 4) is 0 Å². The van der Waals surface area contributed by atoms with Gasteiger partial charge in [0.25, 0.3) is 11.8 Å². The van der Waals surface area contributed by atoms with E-state index in [4.69, 9.17) is 33.3 Å². The van der Waals surface area contributed by atoms with Crippen LogP contribution in [-0.4, -0.2) is 78.2 Å². The molecule has 45 heavy (non-hydrogen) atoms. The number of carbonyl (C=O) groups excluding carboxylic acids is 2. The second-order valence-corrected chi connectivity index (χ2v) is 13.5. The Morgan fingerprint density at radius 2 is 2.16 bits per heavy atom. The van der Waals surface area contributed by atoms with E-state index < -0.39 is 29.2 Å². The fourth-order valence-electron chi connectivity index (χ4n) is 5.04. The van der Waals surface area contributed by atoms with Crippen molar-refractivity contribution in [1.82, 2.24) is 24.8 Å². The van der Waals surface area contributed by atoms with Crippen LogP contribution in [0.15, 0.2) is 52.5 Å². The monoisotopic (exact) mass is 687 g/mol. The normalized spacial score (nSPS) is 18.1. The van der Waals surface area contributed by atoms with E-state index in [0.29, 0.717) is 23.6 Å². The van der Waals surface area contributed by atoms with Crippen LogP contribution in [0.3, 0.4) is 0 Å². The number of aliphatic carboxylic acids is 1. The van der Waals surface area contributed by atoms with Crippen LogP contribution in [0.1, 0.15) is 16.4 Å². The predicted octanol–water partition coefficient (Wildman–Crippen LogP) is 1.20. The fourth-order valence-corrected chi connectivity index (χ4v) is 8.09. The Balaban J connectivity index is 1.21. The first kappa shape index (κ1) is 30.5. The number of carbonyl (C=O) groups is 3. The van der Waals surface area contributed by atoms with Crippen LogP contribution in [0.4, 0.5) is 5.13 Å². The third-order valence-electron chi connectivity index (χ3n) is 7.04. The van der Waals surface area contributed by atoms with Gasteiger partial charge in [-0.05, 0) is 6.07 Å². The number of halogens is 1. The highest BCUT2D eigenvalue weighted by Gasteiger charge is 2.55. The van der Waals surface area contributed by atoms with Crippen molar-refractivity contribution in [2.24, 2.45) is 10.9 Å². The molecule has 0 aliphatic carbocycles. The molecule has 0 aromatic carbocycles. The molecule has 1 fully saturated rings. The lowest BCUT2D eigenvalue weighted by Gasteiger charge is -2.49. The number of thioether (sulfide) groups is 1. The average Bonchev–Trinajstić information content (AvgIpc) is 3.73. The Bertz CT molecular complexity index is 1950. The minimum absolute atomic E-state index is 0.0134. The molecular weight excluding hydrogens is 664 g/mol. The second-order valence-electron chi connectivity index (χ2n) is 9.86. The van der Waals surface area contributed by atoms with Crippen LogP contribution in [0.25, 0.3) is 10.9 Å². The number of carboxylic acids is 1. The molecule has 4 aromatic rings. The number of amidine groups is 1. The number of hydrogen-bond donors (Lipinski definition) is 5. The van der Waals surface area contributed by atoms with E-state index in [-0.39, 0.29) is 39.0 Å². The molecule has 1 saturated heterocycles. The van der Waals surface area contributed by atoms with Crippen molar-refractivity contribution < 1.29 is 28.9 Å². The summed E-state index contributed by atoms with van der Waals surface area (Å²) in [6.07, 6.45) is 5.69. The number of hydrogen-bond acceptors (Lipinski definition) is 12. The molecule has 2 aliphatic heterocycles. The second kappa shape index (κ2) is 12.1. The maximum atomic E-state index is 13.3. The number of nitrogen functional groups attached to an aromatic ring is 2. The van der Waals surface area contributed by atoms with E-state index in [1.807, 2.05) is 39.9 Å². The number of carboxylic acid groups (broad SMARTS) is 1. The lowest BCUT2D eigenvalue weighted by Crippen LogP contribution is -2.71. The Kier molecular flexibility index (Phi) is 8.21. The van der Waals surface area contributed by atoms with Crippen LogP contribution >= 0.6 is 46.0 Å². The van der Waals surface area contributed by atoms with E-state index in [1.54, 1.807) is 5.38 Å². The number of nitrogens with one attached hydrogen (secondary N) is 2. The molecule has 6 heterocycles. The van der Waals surface area contributed by atoms with Gasteiger partial charge in [-0.3, -0.25) is 19.9 Å². The number of amides is 2. The maximum Gasteiger partial charge on any atom is 0.352 e. The van der Waals surface area contributed by atoms with Crippen LogP contribution in [0, 0.1) is 5.41 Å². The van der Waals surface area contributed by atoms with E-state index in [1.165, 1.54) is 35.1 Å². The van der Waals surface area contributed by atoms with Crippen molar-refractivity contribution in [2.45, 2.75) is 24.5 Å².